The van der Waals surface area contributed by atoms with Crippen molar-refractivity contribution >= 4 is 17.5 Å². The van der Waals surface area contributed by atoms with Crippen LogP contribution >= 0.6 is 11.6 Å². The minimum absolute atomic E-state index is 0.108. The van der Waals surface area contributed by atoms with Crippen molar-refractivity contribution in [1.82, 2.24) is 4.90 Å². The zero-order valence-corrected chi connectivity index (χ0v) is 15.6. The zero-order chi connectivity index (χ0) is 19.0. The van der Waals surface area contributed by atoms with Gasteiger partial charge in [-0.2, -0.15) is 0 Å². The van der Waals surface area contributed by atoms with E-state index in [0.717, 1.165) is 18.4 Å². The number of hydrogen-bond donors (Lipinski definition) is 1. The van der Waals surface area contributed by atoms with E-state index < -0.39 is 11.9 Å². The van der Waals surface area contributed by atoms with Crippen LogP contribution < -0.4 is 10.5 Å². The van der Waals surface area contributed by atoms with Gasteiger partial charge in [-0.25, -0.2) is 4.39 Å². The average molecular weight is 389 g/mol. The third-order valence-corrected chi connectivity index (χ3v) is 5.98. The number of ether oxygens (including phenoxy) is 1. The zero-order valence-electron chi connectivity index (χ0n) is 14.9. The van der Waals surface area contributed by atoms with Crippen LogP contribution in [0.1, 0.15) is 24.5 Å². The SMILES string of the molecule is NC1CCC2CN(C(=O)C(Oc3ccc(F)cc3Cl)c3ccccc3)CC12. The Balaban J connectivity index is 1.59. The number of halogens is 2. The van der Waals surface area contributed by atoms with Gasteiger partial charge in [0.1, 0.15) is 11.6 Å². The van der Waals surface area contributed by atoms with Gasteiger partial charge < -0.3 is 15.4 Å². The molecule has 27 heavy (non-hydrogen) atoms. The number of rotatable bonds is 4. The van der Waals surface area contributed by atoms with Gasteiger partial charge in [0, 0.05) is 24.7 Å². The van der Waals surface area contributed by atoms with Crippen LogP contribution in [0.15, 0.2) is 48.5 Å². The smallest absolute Gasteiger partial charge is 0.268 e. The minimum atomic E-state index is -0.829. The number of likely N-dealkylation sites (tertiary alicyclic amines) is 1. The fraction of sp³-hybridized carbons (Fsp3) is 0.381. The van der Waals surface area contributed by atoms with E-state index in [0.29, 0.717) is 24.9 Å². The molecular formula is C21H22ClFN2O2. The Hall–Kier alpha value is -2.11. The summed E-state index contributed by atoms with van der Waals surface area (Å²) in [6.07, 6.45) is 1.27. The second-order valence-electron chi connectivity index (χ2n) is 7.39. The van der Waals surface area contributed by atoms with E-state index in [1.54, 1.807) is 0 Å². The molecule has 6 heteroatoms. The summed E-state index contributed by atoms with van der Waals surface area (Å²) in [5.74, 6) is 0.561. The molecule has 4 nitrogen and oxygen atoms in total. The van der Waals surface area contributed by atoms with E-state index in [1.807, 2.05) is 35.2 Å². The van der Waals surface area contributed by atoms with Crippen LogP contribution in [0.25, 0.3) is 0 Å². The molecule has 0 bridgehead atoms. The van der Waals surface area contributed by atoms with Crippen molar-refractivity contribution < 1.29 is 13.9 Å². The van der Waals surface area contributed by atoms with Gasteiger partial charge in [-0.3, -0.25) is 4.79 Å². The number of hydrogen-bond acceptors (Lipinski definition) is 3. The highest BCUT2D eigenvalue weighted by atomic mass is 35.5. The Morgan fingerprint density at radius 3 is 2.67 bits per heavy atom. The summed E-state index contributed by atoms with van der Waals surface area (Å²) in [5.41, 5.74) is 6.94. The first kappa shape index (κ1) is 18.3. The van der Waals surface area contributed by atoms with Crippen LogP contribution in [0.5, 0.6) is 5.75 Å². The van der Waals surface area contributed by atoms with Gasteiger partial charge >= 0.3 is 0 Å². The molecule has 2 N–H and O–H groups in total. The molecule has 1 saturated carbocycles. The Bertz CT molecular complexity index is 832. The molecule has 2 aliphatic rings. The van der Waals surface area contributed by atoms with Crippen molar-refractivity contribution in [2.45, 2.75) is 25.0 Å². The molecule has 2 aromatic rings. The van der Waals surface area contributed by atoms with Crippen molar-refractivity contribution in [3.05, 3.63) is 64.9 Å². The van der Waals surface area contributed by atoms with Crippen LogP contribution in [-0.2, 0) is 4.79 Å². The summed E-state index contributed by atoms with van der Waals surface area (Å²) < 4.78 is 19.3. The van der Waals surface area contributed by atoms with Gasteiger partial charge in [0.25, 0.3) is 5.91 Å². The number of amides is 1. The molecule has 0 spiro atoms. The lowest BCUT2D eigenvalue weighted by atomic mass is 9.98. The molecule has 4 rings (SSSR count). The molecule has 2 aromatic carbocycles. The Morgan fingerprint density at radius 2 is 1.96 bits per heavy atom. The number of carbonyl (C=O) groups is 1. The van der Waals surface area contributed by atoms with E-state index >= 15 is 0 Å². The van der Waals surface area contributed by atoms with E-state index in [-0.39, 0.29) is 22.7 Å². The third-order valence-electron chi connectivity index (χ3n) is 5.69. The number of nitrogens with zero attached hydrogens (tertiary/aromatic N) is 1. The molecule has 4 atom stereocenters. The van der Waals surface area contributed by atoms with Gasteiger partial charge in [-0.1, -0.05) is 41.9 Å². The predicted molar refractivity (Wildman–Crippen MR) is 102 cm³/mol. The molecule has 2 fully saturated rings. The number of benzene rings is 2. The molecule has 142 valence electrons. The van der Waals surface area contributed by atoms with Crippen molar-refractivity contribution in [2.75, 3.05) is 13.1 Å². The second kappa shape index (κ2) is 7.49. The summed E-state index contributed by atoms with van der Waals surface area (Å²) in [6.45, 7) is 1.37. The van der Waals surface area contributed by atoms with Gasteiger partial charge in [0.2, 0.25) is 6.10 Å². The van der Waals surface area contributed by atoms with Crippen LogP contribution in [-0.4, -0.2) is 29.9 Å². The van der Waals surface area contributed by atoms with Crippen LogP contribution in [0, 0.1) is 17.7 Å². The largest absolute Gasteiger partial charge is 0.474 e. The summed E-state index contributed by atoms with van der Waals surface area (Å²) >= 11 is 6.12. The second-order valence-corrected chi connectivity index (χ2v) is 7.80. The van der Waals surface area contributed by atoms with E-state index in [1.165, 1.54) is 18.2 Å². The molecule has 4 unspecified atom stereocenters. The normalized spacial score (nSPS) is 25.3. The van der Waals surface area contributed by atoms with E-state index in [2.05, 4.69) is 0 Å². The number of carbonyl (C=O) groups excluding carboxylic acids is 1. The maximum atomic E-state index is 13.4. The quantitative estimate of drug-likeness (QED) is 0.866. The van der Waals surface area contributed by atoms with Crippen LogP contribution in [0.4, 0.5) is 4.39 Å². The maximum absolute atomic E-state index is 13.4. The lowest BCUT2D eigenvalue weighted by molar-refractivity contribution is -0.138. The molecule has 0 aromatic heterocycles. The Morgan fingerprint density at radius 1 is 1.19 bits per heavy atom. The monoisotopic (exact) mass is 388 g/mol. The highest BCUT2D eigenvalue weighted by molar-refractivity contribution is 6.32. The molecular weight excluding hydrogens is 367 g/mol. The highest BCUT2D eigenvalue weighted by Gasteiger charge is 2.44. The van der Waals surface area contributed by atoms with Crippen LogP contribution in [0.2, 0.25) is 5.02 Å². The lowest BCUT2D eigenvalue weighted by Crippen LogP contribution is -2.38. The summed E-state index contributed by atoms with van der Waals surface area (Å²) in [7, 11) is 0. The standard InChI is InChI=1S/C21H22ClFN2O2/c22-17-10-15(23)7-9-19(17)27-20(13-4-2-1-3-5-13)21(26)25-11-14-6-8-18(24)16(14)12-25/h1-5,7,9-10,14,16,18,20H,6,8,11-12,24H2. The fourth-order valence-electron chi connectivity index (χ4n) is 4.24. The van der Waals surface area contributed by atoms with Crippen LogP contribution in [0.3, 0.4) is 0 Å². The van der Waals surface area contributed by atoms with Crippen molar-refractivity contribution in [2.24, 2.45) is 17.6 Å². The lowest BCUT2D eigenvalue weighted by Gasteiger charge is -2.26. The Labute approximate surface area is 163 Å². The number of nitrogens with two attached hydrogens (primary N) is 1. The first-order valence-corrected chi connectivity index (χ1v) is 9.62. The first-order valence-electron chi connectivity index (χ1n) is 9.24. The molecule has 1 saturated heterocycles. The molecule has 1 heterocycles. The summed E-state index contributed by atoms with van der Waals surface area (Å²) in [5, 5.41) is 0.143. The minimum Gasteiger partial charge on any atom is -0.474 e. The molecule has 1 amide bonds. The van der Waals surface area contributed by atoms with Gasteiger partial charge in [-0.05, 0) is 42.9 Å². The van der Waals surface area contributed by atoms with E-state index in [9.17, 15) is 9.18 Å². The summed E-state index contributed by atoms with van der Waals surface area (Å²) in [4.78, 5) is 15.2. The highest BCUT2D eigenvalue weighted by Crippen LogP contribution is 2.39. The Kier molecular flexibility index (Phi) is 5.06. The number of fused-ring (bicyclic) bond motifs is 1. The fourth-order valence-corrected chi connectivity index (χ4v) is 4.45. The predicted octanol–water partition coefficient (Wildman–Crippen LogP) is 3.79. The molecule has 1 aliphatic carbocycles. The maximum Gasteiger partial charge on any atom is 0.268 e. The van der Waals surface area contributed by atoms with Crippen molar-refractivity contribution in [3.8, 4) is 5.75 Å². The first-order chi connectivity index (χ1) is 13.0. The summed E-state index contributed by atoms with van der Waals surface area (Å²) in [6, 6.07) is 13.4. The third kappa shape index (κ3) is 3.66. The van der Waals surface area contributed by atoms with E-state index in [4.69, 9.17) is 22.1 Å². The topological polar surface area (TPSA) is 55.6 Å². The molecule has 0 radical (unpaired) electrons. The average Bonchev–Trinajstić information content (AvgIpc) is 3.24. The van der Waals surface area contributed by atoms with Crippen molar-refractivity contribution in [3.63, 3.8) is 0 Å². The van der Waals surface area contributed by atoms with Crippen molar-refractivity contribution in [1.29, 1.82) is 0 Å². The van der Waals surface area contributed by atoms with Gasteiger partial charge in [-0.15, -0.1) is 0 Å². The van der Waals surface area contributed by atoms with Gasteiger partial charge in [0.05, 0.1) is 5.02 Å². The van der Waals surface area contributed by atoms with Gasteiger partial charge in [0.15, 0.2) is 0 Å². The molecule has 1 aliphatic heterocycles.